The molecule has 6 nitrogen and oxygen atoms in total. The van der Waals surface area contributed by atoms with Gasteiger partial charge in [0.05, 0.1) is 13.2 Å². The molecule has 0 aromatic carbocycles. The van der Waals surface area contributed by atoms with E-state index in [1.165, 1.54) is 6.92 Å². The van der Waals surface area contributed by atoms with E-state index in [0.717, 1.165) is 44.9 Å². The predicted molar refractivity (Wildman–Crippen MR) is 61.9 cm³/mol. The van der Waals surface area contributed by atoms with Crippen LogP contribution in [0.5, 0.6) is 0 Å². The average molecular weight is 247 g/mol. The minimum absolute atomic E-state index is 0.194. The third-order valence-corrected chi connectivity index (χ3v) is 2.29. The van der Waals surface area contributed by atoms with E-state index < -0.39 is 5.09 Å². The van der Waals surface area contributed by atoms with Crippen molar-refractivity contribution in [3.63, 3.8) is 0 Å². The smallest absolute Gasteiger partial charge is 0.302 e. The molecule has 0 saturated carbocycles. The molecule has 0 spiro atoms. The molecule has 0 rings (SSSR count). The molecule has 0 fully saturated rings. The Morgan fingerprint density at radius 1 is 1.00 bits per heavy atom. The van der Waals surface area contributed by atoms with E-state index in [1.807, 2.05) is 0 Å². The second-order valence-electron chi connectivity index (χ2n) is 3.87. The molecule has 0 aliphatic carbocycles. The highest BCUT2D eigenvalue weighted by molar-refractivity contribution is 5.65. The Kier molecular flexibility index (Phi) is 10.3. The van der Waals surface area contributed by atoms with Gasteiger partial charge in [-0.15, -0.1) is 10.1 Å². The van der Waals surface area contributed by atoms with Crippen LogP contribution in [0.1, 0.15) is 51.9 Å². The van der Waals surface area contributed by atoms with Gasteiger partial charge in [-0.2, -0.15) is 0 Å². The molecule has 0 atom stereocenters. The third kappa shape index (κ3) is 14.7. The van der Waals surface area contributed by atoms with Gasteiger partial charge in [0.1, 0.15) is 0 Å². The maximum Gasteiger partial charge on any atom is 0.302 e. The van der Waals surface area contributed by atoms with E-state index in [9.17, 15) is 14.9 Å². The van der Waals surface area contributed by atoms with Gasteiger partial charge in [0.2, 0.25) is 0 Å². The van der Waals surface area contributed by atoms with Crippen molar-refractivity contribution < 1.29 is 19.5 Å². The van der Waals surface area contributed by atoms with Crippen molar-refractivity contribution in [2.45, 2.75) is 51.9 Å². The molecular formula is C11H21NO5. The molecule has 0 bridgehead atoms. The summed E-state index contributed by atoms with van der Waals surface area (Å²) >= 11 is 0. The summed E-state index contributed by atoms with van der Waals surface area (Å²) in [6, 6.07) is 0. The largest absolute Gasteiger partial charge is 0.466 e. The summed E-state index contributed by atoms with van der Waals surface area (Å²) in [5.74, 6) is -0.226. The van der Waals surface area contributed by atoms with Gasteiger partial charge >= 0.3 is 5.97 Å². The van der Waals surface area contributed by atoms with Crippen molar-refractivity contribution in [1.82, 2.24) is 0 Å². The van der Waals surface area contributed by atoms with Crippen LogP contribution in [0.4, 0.5) is 0 Å². The lowest BCUT2D eigenvalue weighted by molar-refractivity contribution is -0.757. The monoisotopic (exact) mass is 247 g/mol. The van der Waals surface area contributed by atoms with Gasteiger partial charge < -0.3 is 9.57 Å². The molecule has 17 heavy (non-hydrogen) atoms. The second kappa shape index (κ2) is 11.2. The molecule has 6 heteroatoms. The van der Waals surface area contributed by atoms with Gasteiger partial charge in [0.15, 0.2) is 0 Å². The predicted octanol–water partition coefficient (Wildman–Crippen LogP) is 2.49. The first-order valence-corrected chi connectivity index (χ1v) is 6.03. The van der Waals surface area contributed by atoms with Crippen molar-refractivity contribution in [3.8, 4) is 0 Å². The van der Waals surface area contributed by atoms with Crippen molar-refractivity contribution in [2.75, 3.05) is 13.2 Å². The second-order valence-corrected chi connectivity index (χ2v) is 3.87. The molecule has 0 aromatic rings. The van der Waals surface area contributed by atoms with Gasteiger partial charge in [-0.25, -0.2) is 0 Å². The van der Waals surface area contributed by atoms with Crippen LogP contribution in [0.2, 0.25) is 0 Å². The lowest BCUT2D eigenvalue weighted by atomic mass is 10.1. The summed E-state index contributed by atoms with van der Waals surface area (Å²) in [5.41, 5.74) is 0. The molecule has 0 radical (unpaired) electrons. The topological polar surface area (TPSA) is 78.7 Å². The van der Waals surface area contributed by atoms with E-state index in [4.69, 9.17) is 4.74 Å². The lowest BCUT2D eigenvalue weighted by Crippen LogP contribution is -2.01. The van der Waals surface area contributed by atoms with Crippen LogP contribution in [0.15, 0.2) is 0 Å². The Balaban J connectivity index is 2.98. The number of esters is 1. The van der Waals surface area contributed by atoms with E-state index >= 15 is 0 Å². The minimum Gasteiger partial charge on any atom is -0.466 e. The molecule has 0 amide bonds. The zero-order valence-electron chi connectivity index (χ0n) is 10.4. The highest BCUT2D eigenvalue weighted by atomic mass is 16.9. The molecule has 0 aliphatic heterocycles. The number of hydrogen-bond acceptors (Lipinski definition) is 5. The number of nitrogens with zero attached hydrogens (tertiary/aromatic N) is 1. The molecule has 0 heterocycles. The first-order chi connectivity index (χ1) is 8.13. The van der Waals surface area contributed by atoms with Gasteiger partial charge in [0.25, 0.3) is 5.09 Å². The van der Waals surface area contributed by atoms with E-state index in [-0.39, 0.29) is 12.6 Å². The molecule has 0 unspecified atom stereocenters. The van der Waals surface area contributed by atoms with E-state index in [0.29, 0.717) is 6.61 Å². The van der Waals surface area contributed by atoms with Crippen LogP contribution >= 0.6 is 0 Å². The standard InChI is InChI=1S/C11H21NO5/c1-11(13)16-9-7-5-3-2-4-6-8-10-17-12(14)15/h2-10H2,1H3. The minimum atomic E-state index is -0.755. The quantitative estimate of drug-likeness (QED) is 0.242. The third-order valence-electron chi connectivity index (χ3n) is 2.29. The highest BCUT2D eigenvalue weighted by Gasteiger charge is 1.96. The zero-order chi connectivity index (χ0) is 12.9. The zero-order valence-corrected chi connectivity index (χ0v) is 10.4. The summed E-state index contributed by atoms with van der Waals surface area (Å²) in [7, 11) is 0. The maximum atomic E-state index is 10.4. The van der Waals surface area contributed by atoms with Gasteiger partial charge in [0, 0.05) is 6.92 Å². The van der Waals surface area contributed by atoms with Gasteiger partial charge in [-0.3, -0.25) is 4.79 Å². The van der Waals surface area contributed by atoms with Crippen LogP contribution < -0.4 is 0 Å². The summed E-state index contributed by atoms with van der Waals surface area (Å²) in [6.45, 7) is 2.11. The molecule has 0 saturated heterocycles. The van der Waals surface area contributed by atoms with Crippen LogP contribution in [0.25, 0.3) is 0 Å². The van der Waals surface area contributed by atoms with Crippen molar-refractivity contribution >= 4 is 5.97 Å². The number of carbonyl (C=O) groups excluding carboxylic acids is 1. The first-order valence-electron chi connectivity index (χ1n) is 6.03. The maximum absolute atomic E-state index is 10.4. The SMILES string of the molecule is CC(=O)OCCCCCCCCCO[N+](=O)[O-]. The Morgan fingerprint density at radius 2 is 1.47 bits per heavy atom. The summed E-state index contributed by atoms with van der Waals surface area (Å²) < 4.78 is 4.80. The number of carbonyl (C=O) groups is 1. The van der Waals surface area contributed by atoms with Crippen molar-refractivity contribution in [1.29, 1.82) is 0 Å². The van der Waals surface area contributed by atoms with Crippen LogP contribution in [0, 0.1) is 10.1 Å². The van der Waals surface area contributed by atoms with Crippen LogP contribution in [-0.4, -0.2) is 24.3 Å². The van der Waals surface area contributed by atoms with Gasteiger partial charge in [-0.05, 0) is 12.8 Å². The first kappa shape index (κ1) is 15.7. The molecular weight excluding hydrogens is 226 g/mol. The molecule has 0 N–H and O–H groups in total. The normalized spacial score (nSPS) is 9.94. The van der Waals surface area contributed by atoms with Crippen molar-refractivity contribution in [2.24, 2.45) is 0 Å². The molecule has 100 valence electrons. The average Bonchev–Trinajstić information content (AvgIpc) is 2.25. The fourth-order valence-electron chi connectivity index (χ4n) is 1.44. The Hall–Kier alpha value is -1.33. The highest BCUT2D eigenvalue weighted by Crippen LogP contribution is 2.07. The Morgan fingerprint density at radius 3 is 1.94 bits per heavy atom. The van der Waals surface area contributed by atoms with Gasteiger partial charge in [-0.1, -0.05) is 32.1 Å². The number of hydrogen-bond donors (Lipinski definition) is 0. The summed E-state index contributed by atoms with van der Waals surface area (Å²) in [5, 5.41) is 9.08. The number of ether oxygens (including phenoxy) is 1. The number of rotatable bonds is 11. The van der Waals surface area contributed by atoms with Crippen molar-refractivity contribution in [3.05, 3.63) is 10.1 Å². The van der Waals surface area contributed by atoms with E-state index in [2.05, 4.69) is 4.84 Å². The summed E-state index contributed by atoms with van der Waals surface area (Å²) in [4.78, 5) is 24.5. The Labute approximate surface area is 101 Å². The Bertz CT molecular complexity index is 198. The molecule has 0 aliphatic rings. The lowest BCUT2D eigenvalue weighted by Gasteiger charge is -2.02. The van der Waals surface area contributed by atoms with Crippen LogP contribution in [-0.2, 0) is 14.4 Å². The number of unbranched alkanes of at least 4 members (excludes halogenated alkanes) is 6. The van der Waals surface area contributed by atoms with E-state index in [1.54, 1.807) is 0 Å². The molecule has 0 aromatic heterocycles. The van der Waals surface area contributed by atoms with Crippen LogP contribution in [0.3, 0.4) is 0 Å². The summed E-state index contributed by atoms with van der Waals surface area (Å²) in [6.07, 6.45) is 6.93. The fourth-order valence-corrected chi connectivity index (χ4v) is 1.44. The fraction of sp³-hybridized carbons (Fsp3) is 0.909.